The number of halogens is 1. The van der Waals surface area contributed by atoms with E-state index >= 15 is 0 Å². The van der Waals surface area contributed by atoms with Crippen molar-refractivity contribution in [1.82, 2.24) is 15.6 Å². The van der Waals surface area contributed by atoms with Gasteiger partial charge >= 0.3 is 0 Å². The molecule has 0 aromatic carbocycles. The zero-order valence-corrected chi connectivity index (χ0v) is 16.4. The molecule has 0 spiro atoms. The minimum Gasteiger partial charge on any atom is -0.356 e. The van der Waals surface area contributed by atoms with Crippen molar-refractivity contribution in [3.05, 3.63) is 16.1 Å². The molecule has 0 atom stereocenters. The lowest BCUT2D eigenvalue weighted by atomic mass is 9.89. The van der Waals surface area contributed by atoms with Gasteiger partial charge in [-0.25, -0.2) is 4.98 Å². The van der Waals surface area contributed by atoms with Crippen LogP contribution in [0.3, 0.4) is 0 Å². The van der Waals surface area contributed by atoms with E-state index < -0.39 is 0 Å². The molecule has 0 aliphatic heterocycles. The minimum atomic E-state index is 0. The molecule has 0 radical (unpaired) electrons. The van der Waals surface area contributed by atoms with Gasteiger partial charge < -0.3 is 10.6 Å². The average Bonchev–Trinajstić information content (AvgIpc) is 3.03. The second-order valence-electron chi connectivity index (χ2n) is 5.98. The average molecular weight is 422 g/mol. The van der Waals surface area contributed by atoms with Crippen LogP contribution in [0.15, 0.2) is 11.2 Å². The Kier molecular flexibility index (Phi) is 7.94. The molecule has 1 fully saturated rings. The van der Waals surface area contributed by atoms with Crippen molar-refractivity contribution in [2.45, 2.75) is 46.0 Å². The summed E-state index contributed by atoms with van der Waals surface area (Å²) < 4.78 is 0. The van der Waals surface area contributed by atoms with Gasteiger partial charge in [0.15, 0.2) is 5.96 Å². The van der Waals surface area contributed by atoms with Crippen LogP contribution in [0, 0.1) is 12.3 Å². The number of aryl methyl sites for hydroxylation is 1. The summed E-state index contributed by atoms with van der Waals surface area (Å²) in [6.45, 7) is 6.36. The van der Waals surface area contributed by atoms with Crippen molar-refractivity contribution in [1.29, 1.82) is 0 Å². The Morgan fingerprint density at radius 2 is 2.10 bits per heavy atom. The summed E-state index contributed by atoms with van der Waals surface area (Å²) in [4.78, 5) is 9.95. The molecule has 1 heterocycles. The molecule has 1 saturated carbocycles. The number of hydrogen-bond acceptors (Lipinski definition) is 3. The maximum absolute atomic E-state index is 4.38. The molecule has 0 unspecified atom stereocenters. The van der Waals surface area contributed by atoms with E-state index in [2.05, 4.69) is 34.5 Å². The lowest BCUT2D eigenvalue weighted by molar-refractivity contribution is 0.334. The second-order valence-corrected chi connectivity index (χ2v) is 7.30. The van der Waals surface area contributed by atoms with Crippen molar-refractivity contribution in [2.24, 2.45) is 10.4 Å². The van der Waals surface area contributed by atoms with E-state index in [0.717, 1.165) is 25.5 Å². The first-order valence-corrected chi connectivity index (χ1v) is 8.29. The number of aromatic nitrogens is 1. The van der Waals surface area contributed by atoms with Gasteiger partial charge in [0.05, 0.1) is 5.01 Å². The van der Waals surface area contributed by atoms with Gasteiger partial charge in [-0.3, -0.25) is 4.99 Å². The van der Waals surface area contributed by atoms with Crippen molar-refractivity contribution >= 4 is 41.3 Å². The highest BCUT2D eigenvalue weighted by molar-refractivity contribution is 14.0. The molecule has 2 N–H and O–H groups in total. The van der Waals surface area contributed by atoms with Crippen LogP contribution in [0.5, 0.6) is 0 Å². The summed E-state index contributed by atoms with van der Waals surface area (Å²) in [5, 5.41) is 8.03. The third-order valence-electron chi connectivity index (χ3n) is 4.02. The molecule has 1 aliphatic rings. The van der Waals surface area contributed by atoms with Gasteiger partial charge in [-0.05, 0) is 25.2 Å². The van der Waals surface area contributed by atoms with E-state index in [4.69, 9.17) is 0 Å². The largest absolute Gasteiger partial charge is 0.356 e. The predicted octanol–water partition coefficient (Wildman–Crippen LogP) is 3.36. The number of aliphatic imine (C=N–C) groups is 1. The maximum atomic E-state index is 4.38. The minimum absolute atomic E-state index is 0. The first kappa shape index (κ1) is 18.7. The Hall–Kier alpha value is -0.370. The highest BCUT2D eigenvalue weighted by Crippen LogP contribution is 2.36. The van der Waals surface area contributed by atoms with Crippen molar-refractivity contribution < 1.29 is 0 Å². The Bertz CT molecular complexity index is 452. The second kappa shape index (κ2) is 8.92. The van der Waals surface area contributed by atoms with Gasteiger partial charge in [0, 0.05) is 37.6 Å². The van der Waals surface area contributed by atoms with Crippen LogP contribution in [0.2, 0.25) is 0 Å². The lowest BCUT2D eigenvalue weighted by Crippen LogP contribution is -2.42. The number of hydrogen-bond donors (Lipinski definition) is 2. The molecule has 0 bridgehead atoms. The number of nitrogens with zero attached hydrogens (tertiary/aromatic N) is 2. The molecule has 1 aliphatic carbocycles. The fourth-order valence-corrected chi connectivity index (χ4v) is 3.51. The fourth-order valence-electron chi connectivity index (χ4n) is 2.73. The zero-order chi connectivity index (χ0) is 14.4. The van der Waals surface area contributed by atoms with E-state index in [1.807, 2.05) is 13.2 Å². The monoisotopic (exact) mass is 422 g/mol. The topological polar surface area (TPSA) is 49.3 Å². The Morgan fingerprint density at radius 3 is 2.67 bits per heavy atom. The summed E-state index contributed by atoms with van der Waals surface area (Å²) in [5.41, 5.74) is 0.448. The van der Waals surface area contributed by atoms with Crippen molar-refractivity contribution in [3.8, 4) is 0 Å². The number of guanidine groups is 1. The summed E-state index contributed by atoms with van der Waals surface area (Å²) >= 11 is 1.77. The number of thiazole rings is 1. The number of rotatable bonds is 5. The van der Waals surface area contributed by atoms with Gasteiger partial charge in [0.1, 0.15) is 0 Å². The van der Waals surface area contributed by atoms with E-state index in [9.17, 15) is 0 Å². The standard InChI is InChI=1S/C15H26N4S.HI/c1-12-10-18-13(20-12)6-9-17-14(16-3)19-11-15(2)7-4-5-8-15;/h10H,4-9,11H2,1-3H3,(H2,16,17,19);1H. The van der Waals surface area contributed by atoms with Gasteiger partial charge in [-0.1, -0.05) is 19.8 Å². The maximum Gasteiger partial charge on any atom is 0.191 e. The van der Waals surface area contributed by atoms with Crippen LogP contribution in [0.1, 0.15) is 42.5 Å². The summed E-state index contributed by atoms with van der Waals surface area (Å²) in [7, 11) is 1.83. The highest BCUT2D eigenvalue weighted by Gasteiger charge is 2.28. The molecule has 6 heteroatoms. The fraction of sp³-hybridized carbons (Fsp3) is 0.733. The van der Waals surface area contributed by atoms with E-state index in [-0.39, 0.29) is 24.0 Å². The van der Waals surface area contributed by atoms with Crippen LogP contribution in [0.25, 0.3) is 0 Å². The molecule has 1 aromatic rings. The van der Waals surface area contributed by atoms with E-state index in [1.54, 1.807) is 11.3 Å². The van der Waals surface area contributed by atoms with Crippen molar-refractivity contribution in [3.63, 3.8) is 0 Å². The van der Waals surface area contributed by atoms with Crippen LogP contribution >= 0.6 is 35.3 Å². The molecule has 0 saturated heterocycles. The van der Waals surface area contributed by atoms with E-state index in [1.165, 1.54) is 35.6 Å². The molecule has 0 amide bonds. The normalized spacial score (nSPS) is 17.4. The molecule has 2 rings (SSSR count). The third-order valence-corrected chi connectivity index (χ3v) is 4.99. The third kappa shape index (κ3) is 6.10. The van der Waals surface area contributed by atoms with Crippen LogP contribution in [-0.4, -0.2) is 31.1 Å². The zero-order valence-electron chi connectivity index (χ0n) is 13.2. The van der Waals surface area contributed by atoms with Gasteiger partial charge in [0.2, 0.25) is 0 Å². The SMILES string of the molecule is CN=C(NCCc1ncc(C)s1)NCC1(C)CCCC1.I. The van der Waals surface area contributed by atoms with Crippen LogP contribution < -0.4 is 10.6 Å². The van der Waals surface area contributed by atoms with Crippen LogP contribution in [0.4, 0.5) is 0 Å². The van der Waals surface area contributed by atoms with Crippen LogP contribution in [-0.2, 0) is 6.42 Å². The summed E-state index contributed by atoms with van der Waals surface area (Å²) in [5.74, 6) is 0.909. The quantitative estimate of drug-likeness (QED) is 0.435. The highest BCUT2D eigenvalue weighted by atomic mass is 127. The summed E-state index contributed by atoms with van der Waals surface area (Å²) in [6.07, 6.45) is 8.29. The molecular weight excluding hydrogens is 395 g/mol. The smallest absolute Gasteiger partial charge is 0.191 e. The van der Waals surface area contributed by atoms with E-state index in [0.29, 0.717) is 5.41 Å². The van der Waals surface area contributed by atoms with Gasteiger partial charge in [-0.2, -0.15) is 0 Å². The first-order chi connectivity index (χ1) is 9.61. The number of nitrogens with one attached hydrogen (secondary N) is 2. The van der Waals surface area contributed by atoms with Gasteiger partial charge in [-0.15, -0.1) is 35.3 Å². The van der Waals surface area contributed by atoms with Gasteiger partial charge in [0.25, 0.3) is 0 Å². The predicted molar refractivity (Wildman–Crippen MR) is 102 cm³/mol. The summed E-state index contributed by atoms with van der Waals surface area (Å²) in [6, 6.07) is 0. The molecule has 120 valence electrons. The Balaban J connectivity index is 0.00000220. The molecular formula is C15H27IN4S. The Morgan fingerprint density at radius 1 is 1.38 bits per heavy atom. The molecule has 4 nitrogen and oxygen atoms in total. The lowest BCUT2D eigenvalue weighted by Gasteiger charge is -2.25. The van der Waals surface area contributed by atoms with Crippen molar-refractivity contribution in [2.75, 3.05) is 20.1 Å². The molecule has 1 aromatic heterocycles. The first-order valence-electron chi connectivity index (χ1n) is 7.47. The molecule has 21 heavy (non-hydrogen) atoms. The Labute approximate surface area is 149 Å².